The molecule has 6 nitrogen and oxygen atoms in total. The van der Waals surface area contributed by atoms with Gasteiger partial charge in [-0.15, -0.1) is 0 Å². The summed E-state index contributed by atoms with van der Waals surface area (Å²) >= 11 is 0. The molecule has 0 unspecified atom stereocenters. The minimum absolute atomic E-state index is 0.649. The molecule has 0 radical (unpaired) electrons. The molecule has 0 atom stereocenters. The van der Waals surface area contributed by atoms with Gasteiger partial charge in [-0.2, -0.15) is 0 Å². The van der Waals surface area contributed by atoms with Crippen molar-refractivity contribution in [3.63, 3.8) is 0 Å². The van der Waals surface area contributed by atoms with E-state index in [2.05, 4.69) is 27.8 Å². The Bertz CT molecular complexity index is 849. The second-order valence-electron chi connectivity index (χ2n) is 7.47. The minimum atomic E-state index is 0.649. The predicted molar refractivity (Wildman–Crippen MR) is 114 cm³/mol. The van der Waals surface area contributed by atoms with Crippen LogP contribution in [0.25, 0.3) is 0 Å². The van der Waals surface area contributed by atoms with E-state index in [1.807, 2.05) is 30.3 Å². The molecule has 0 amide bonds. The van der Waals surface area contributed by atoms with Crippen LogP contribution >= 0.6 is 0 Å². The fourth-order valence-electron chi connectivity index (χ4n) is 3.19. The SMILES string of the molecule is CN=C(NCc1ccc2c(c1)OCCCO2)NCc1ccccc1OCC1CC1. The van der Waals surface area contributed by atoms with E-state index in [0.29, 0.717) is 26.3 Å². The lowest BCUT2D eigenvalue weighted by Crippen LogP contribution is -2.36. The highest BCUT2D eigenvalue weighted by Crippen LogP contribution is 2.31. The van der Waals surface area contributed by atoms with Crippen LogP contribution in [0, 0.1) is 5.92 Å². The van der Waals surface area contributed by atoms with Gasteiger partial charge in [0.1, 0.15) is 5.75 Å². The topological polar surface area (TPSA) is 64.1 Å². The van der Waals surface area contributed by atoms with Crippen LogP contribution in [0.3, 0.4) is 0 Å². The van der Waals surface area contributed by atoms with Gasteiger partial charge in [-0.05, 0) is 42.5 Å². The lowest BCUT2D eigenvalue weighted by atomic mass is 10.2. The normalized spacial score (nSPS) is 16.1. The summed E-state index contributed by atoms with van der Waals surface area (Å²) in [6.45, 7) is 3.51. The van der Waals surface area contributed by atoms with Crippen LogP contribution in [0.15, 0.2) is 47.5 Å². The van der Waals surface area contributed by atoms with Crippen LogP contribution in [0.1, 0.15) is 30.4 Å². The smallest absolute Gasteiger partial charge is 0.191 e. The molecule has 1 fully saturated rings. The van der Waals surface area contributed by atoms with Crippen LogP contribution in [0.5, 0.6) is 17.2 Å². The number of para-hydroxylation sites is 1. The number of nitrogens with one attached hydrogen (secondary N) is 2. The molecule has 1 heterocycles. The van der Waals surface area contributed by atoms with Crippen molar-refractivity contribution >= 4 is 5.96 Å². The zero-order valence-electron chi connectivity index (χ0n) is 16.9. The molecule has 0 saturated heterocycles. The molecule has 2 aromatic carbocycles. The van der Waals surface area contributed by atoms with Crippen molar-refractivity contribution in [3.8, 4) is 17.2 Å². The lowest BCUT2D eigenvalue weighted by Gasteiger charge is -2.15. The Morgan fingerprint density at radius 2 is 1.83 bits per heavy atom. The number of hydrogen-bond donors (Lipinski definition) is 2. The Morgan fingerprint density at radius 1 is 1.03 bits per heavy atom. The summed E-state index contributed by atoms with van der Waals surface area (Å²) in [5.74, 6) is 4.06. The van der Waals surface area contributed by atoms with Crippen LogP contribution < -0.4 is 24.8 Å². The van der Waals surface area contributed by atoms with Gasteiger partial charge in [0.15, 0.2) is 17.5 Å². The highest BCUT2D eigenvalue weighted by molar-refractivity contribution is 5.79. The molecule has 6 heteroatoms. The van der Waals surface area contributed by atoms with Crippen molar-refractivity contribution in [1.82, 2.24) is 10.6 Å². The molecule has 154 valence electrons. The number of hydrogen-bond acceptors (Lipinski definition) is 4. The Hall–Kier alpha value is -2.89. The molecule has 0 aromatic heterocycles. The maximum atomic E-state index is 5.99. The van der Waals surface area contributed by atoms with Gasteiger partial charge >= 0.3 is 0 Å². The van der Waals surface area contributed by atoms with E-state index >= 15 is 0 Å². The van der Waals surface area contributed by atoms with Gasteiger partial charge < -0.3 is 24.8 Å². The zero-order valence-corrected chi connectivity index (χ0v) is 16.9. The first-order valence-corrected chi connectivity index (χ1v) is 10.4. The van der Waals surface area contributed by atoms with Crippen LogP contribution in [0.2, 0.25) is 0 Å². The molecule has 1 aliphatic carbocycles. The van der Waals surface area contributed by atoms with Crippen molar-refractivity contribution in [2.45, 2.75) is 32.4 Å². The average molecular weight is 396 g/mol. The maximum absolute atomic E-state index is 5.99. The fourth-order valence-corrected chi connectivity index (χ4v) is 3.19. The molecule has 2 aliphatic rings. The van der Waals surface area contributed by atoms with E-state index < -0.39 is 0 Å². The summed E-state index contributed by atoms with van der Waals surface area (Å²) in [5.41, 5.74) is 2.25. The zero-order chi connectivity index (χ0) is 19.9. The highest BCUT2D eigenvalue weighted by Gasteiger charge is 2.22. The van der Waals surface area contributed by atoms with Crippen molar-refractivity contribution < 1.29 is 14.2 Å². The van der Waals surface area contributed by atoms with E-state index in [0.717, 1.165) is 53.3 Å². The molecule has 4 rings (SSSR count). The number of benzene rings is 2. The van der Waals surface area contributed by atoms with E-state index in [1.165, 1.54) is 12.8 Å². The van der Waals surface area contributed by atoms with Crippen molar-refractivity contribution in [2.75, 3.05) is 26.9 Å². The van der Waals surface area contributed by atoms with Gasteiger partial charge in [0.05, 0.1) is 19.8 Å². The van der Waals surface area contributed by atoms with Gasteiger partial charge in [-0.3, -0.25) is 4.99 Å². The Kier molecular flexibility index (Phi) is 6.39. The van der Waals surface area contributed by atoms with E-state index in [4.69, 9.17) is 14.2 Å². The van der Waals surface area contributed by atoms with Gasteiger partial charge in [-0.1, -0.05) is 24.3 Å². The van der Waals surface area contributed by atoms with E-state index in [-0.39, 0.29) is 0 Å². The van der Waals surface area contributed by atoms with Crippen molar-refractivity contribution in [1.29, 1.82) is 0 Å². The molecule has 29 heavy (non-hydrogen) atoms. The summed E-state index contributed by atoms with van der Waals surface area (Å²) in [7, 11) is 1.78. The third kappa shape index (κ3) is 5.56. The summed E-state index contributed by atoms with van der Waals surface area (Å²) in [6, 6.07) is 14.2. The molecule has 1 aliphatic heterocycles. The quantitative estimate of drug-likeness (QED) is 0.555. The van der Waals surface area contributed by atoms with Crippen LogP contribution in [-0.4, -0.2) is 32.8 Å². The lowest BCUT2D eigenvalue weighted by molar-refractivity contribution is 0.296. The number of guanidine groups is 1. The molecule has 2 aromatic rings. The Balaban J connectivity index is 1.31. The monoisotopic (exact) mass is 395 g/mol. The Labute approximate surface area is 172 Å². The Morgan fingerprint density at radius 3 is 2.66 bits per heavy atom. The van der Waals surface area contributed by atoms with E-state index in [1.54, 1.807) is 7.05 Å². The van der Waals surface area contributed by atoms with Crippen LogP contribution in [0.4, 0.5) is 0 Å². The van der Waals surface area contributed by atoms with Crippen molar-refractivity contribution in [2.24, 2.45) is 10.9 Å². The summed E-state index contributed by atoms with van der Waals surface area (Å²) < 4.78 is 17.5. The number of rotatable bonds is 7. The van der Waals surface area contributed by atoms with Gasteiger partial charge in [0, 0.05) is 32.1 Å². The largest absolute Gasteiger partial charge is 0.493 e. The van der Waals surface area contributed by atoms with Crippen molar-refractivity contribution in [3.05, 3.63) is 53.6 Å². The first-order chi connectivity index (χ1) is 14.3. The second-order valence-corrected chi connectivity index (χ2v) is 7.47. The number of ether oxygens (including phenoxy) is 3. The van der Waals surface area contributed by atoms with Gasteiger partial charge in [0.2, 0.25) is 0 Å². The molecule has 0 spiro atoms. The third-order valence-electron chi connectivity index (χ3n) is 5.09. The molecule has 0 bridgehead atoms. The maximum Gasteiger partial charge on any atom is 0.191 e. The second kappa shape index (κ2) is 9.54. The van der Waals surface area contributed by atoms with E-state index in [9.17, 15) is 0 Å². The first-order valence-electron chi connectivity index (χ1n) is 10.4. The van der Waals surface area contributed by atoms with Crippen LogP contribution in [-0.2, 0) is 13.1 Å². The highest BCUT2D eigenvalue weighted by atomic mass is 16.5. The molecular formula is C23H29N3O3. The predicted octanol–water partition coefficient (Wildman–Crippen LogP) is 3.50. The molecular weight excluding hydrogens is 366 g/mol. The molecule has 2 N–H and O–H groups in total. The molecule has 1 saturated carbocycles. The summed E-state index contributed by atoms with van der Waals surface area (Å²) in [6.07, 6.45) is 3.48. The first kappa shape index (κ1) is 19.4. The summed E-state index contributed by atoms with van der Waals surface area (Å²) in [5, 5.41) is 6.73. The van der Waals surface area contributed by atoms with Gasteiger partial charge in [-0.25, -0.2) is 0 Å². The number of fused-ring (bicyclic) bond motifs is 1. The van der Waals surface area contributed by atoms with Gasteiger partial charge in [0.25, 0.3) is 0 Å². The number of aliphatic imine (C=N–C) groups is 1. The summed E-state index contributed by atoms with van der Waals surface area (Å²) in [4.78, 5) is 4.33. The number of nitrogens with zero attached hydrogens (tertiary/aromatic N) is 1. The standard InChI is InChI=1S/C23H29N3O3/c1-24-23(25-14-18-9-10-21-22(13-18)28-12-4-11-27-21)26-15-19-5-2-3-6-20(19)29-16-17-7-8-17/h2-3,5-6,9-10,13,17H,4,7-8,11-12,14-16H2,1H3,(H2,24,25,26). The minimum Gasteiger partial charge on any atom is -0.493 e. The average Bonchev–Trinajstić information content (AvgIpc) is 3.60. The third-order valence-corrected chi connectivity index (χ3v) is 5.09. The fraction of sp³-hybridized carbons (Fsp3) is 0.435.